The largest absolute Gasteiger partial charge is 0.393 e. The van der Waals surface area contributed by atoms with Crippen molar-refractivity contribution >= 4 is 47.8 Å². The van der Waals surface area contributed by atoms with E-state index in [1.807, 2.05) is 0 Å². The van der Waals surface area contributed by atoms with Crippen molar-refractivity contribution < 1.29 is 57.3 Å². The minimum absolute atomic E-state index is 0.206. The Morgan fingerprint density at radius 2 is 1.10 bits per heavy atom. The number of carbonyl (C=O) groups excluding carboxylic acids is 8. The average Bonchev–Trinajstić information content (AvgIpc) is 3.19. The van der Waals surface area contributed by atoms with E-state index in [0.717, 1.165) is 6.92 Å². The monoisotopic (exact) mass is 422 g/mol. The van der Waals surface area contributed by atoms with E-state index in [0.29, 0.717) is 0 Å². The first-order valence-electron chi connectivity index (χ1n) is 9.10. The zero-order chi connectivity index (χ0) is 21.9. The van der Waals surface area contributed by atoms with Crippen molar-refractivity contribution in [3.05, 3.63) is 0 Å². The van der Waals surface area contributed by atoms with Gasteiger partial charge in [0.05, 0.1) is 41.4 Å². The van der Waals surface area contributed by atoms with Crippen LogP contribution in [0.3, 0.4) is 0 Å². The van der Waals surface area contributed by atoms with Crippen LogP contribution in [0.15, 0.2) is 0 Å². The smallest absolute Gasteiger partial charge is 0.318 e. The fourth-order valence-corrected chi connectivity index (χ4v) is 4.85. The van der Waals surface area contributed by atoms with E-state index in [2.05, 4.69) is 18.9 Å². The highest BCUT2D eigenvalue weighted by atomic mass is 16.6. The van der Waals surface area contributed by atoms with Crippen molar-refractivity contribution in [1.29, 1.82) is 0 Å². The molecule has 1 saturated carbocycles. The Labute approximate surface area is 167 Å². The zero-order valence-electron chi connectivity index (χ0n) is 15.4. The van der Waals surface area contributed by atoms with Gasteiger partial charge in [0.15, 0.2) is 0 Å². The normalized spacial score (nSPS) is 37.7. The molecule has 0 amide bonds. The molecule has 0 radical (unpaired) electrons. The van der Waals surface area contributed by atoms with E-state index >= 15 is 0 Å². The Kier molecular flexibility index (Phi) is 4.51. The first-order chi connectivity index (χ1) is 14.1. The van der Waals surface area contributed by atoms with E-state index < -0.39 is 89.2 Å². The van der Waals surface area contributed by atoms with Crippen LogP contribution in [-0.4, -0.2) is 47.8 Å². The number of hydrogen-bond acceptors (Lipinski definition) is 12. The third-order valence-electron chi connectivity index (χ3n) is 6.02. The van der Waals surface area contributed by atoms with Gasteiger partial charge in [0, 0.05) is 6.92 Å². The molecule has 0 spiro atoms. The van der Waals surface area contributed by atoms with E-state index in [1.165, 1.54) is 0 Å². The number of carbonyl (C=O) groups is 8. The second-order valence-corrected chi connectivity index (χ2v) is 7.55. The van der Waals surface area contributed by atoms with Gasteiger partial charge in [-0.3, -0.25) is 38.4 Å². The average molecular weight is 422 g/mol. The van der Waals surface area contributed by atoms with Crippen molar-refractivity contribution in [1.82, 2.24) is 0 Å². The van der Waals surface area contributed by atoms with Gasteiger partial charge in [0.2, 0.25) is 0 Å². The topological polar surface area (TPSA) is 173 Å². The summed E-state index contributed by atoms with van der Waals surface area (Å²) in [6.45, 7) is 0.953. The molecule has 4 rings (SSSR count). The Balaban J connectivity index is 1.86. The molecule has 7 atom stereocenters. The number of fused-ring (bicyclic) bond motifs is 5. The maximum Gasteiger partial charge on any atom is 0.318 e. The van der Waals surface area contributed by atoms with E-state index in [9.17, 15) is 38.4 Å². The minimum Gasteiger partial charge on any atom is -0.393 e. The summed E-state index contributed by atoms with van der Waals surface area (Å²) in [4.78, 5) is 98.0. The molecule has 3 aliphatic heterocycles. The van der Waals surface area contributed by atoms with E-state index in [1.54, 1.807) is 0 Å². The number of hydrogen-bond donors (Lipinski definition) is 0. The maximum absolute atomic E-state index is 12.5. The molecule has 0 bridgehead atoms. The summed E-state index contributed by atoms with van der Waals surface area (Å²) < 4.78 is 18.4. The third kappa shape index (κ3) is 2.82. The molecule has 12 heteroatoms. The first-order valence-corrected chi connectivity index (χ1v) is 9.10. The summed E-state index contributed by atoms with van der Waals surface area (Å²) in [5, 5.41) is 0. The van der Waals surface area contributed by atoms with Gasteiger partial charge in [-0.25, -0.2) is 0 Å². The molecule has 158 valence electrons. The number of esters is 8. The predicted molar refractivity (Wildman–Crippen MR) is 83.7 cm³/mol. The summed E-state index contributed by atoms with van der Waals surface area (Å²) in [5.41, 5.74) is 0. The van der Waals surface area contributed by atoms with Crippen molar-refractivity contribution in [2.45, 2.75) is 19.8 Å². The van der Waals surface area contributed by atoms with Gasteiger partial charge in [0.1, 0.15) is 0 Å². The van der Waals surface area contributed by atoms with Crippen LogP contribution in [0.4, 0.5) is 0 Å². The number of rotatable bonds is 1. The molecule has 4 aliphatic rings. The summed E-state index contributed by atoms with van der Waals surface area (Å²) in [6.07, 6.45) is -0.468. The Hall–Kier alpha value is -3.44. The van der Waals surface area contributed by atoms with Crippen LogP contribution in [-0.2, 0) is 57.3 Å². The molecule has 30 heavy (non-hydrogen) atoms. The molecular weight excluding hydrogens is 408 g/mol. The number of ether oxygens (including phenoxy) is 4. The summed E-state index contributed by atoms with van der Waals surface area (Å²) in [6, 6.07) is 0. The molecule has 7 unspecified atom stereocenters. The Morgan fingerprint density at radius 3 is 1.67 bits per heavy atom. The lowest BCUT2D eigenvalue weighted by Crippen LogP contribution is -2.42. The standard InChI is InChI=1S/C18H14O12/c1-4(19)27-12(20)5-2-3-6-8(14(22)28-13(6)21)10-11(18(26)30-17(10)25)9-7(5)15(23)29-16(9)24/h5-11H,2-3H2,1H3. The lowest BCUT2D eigenvalue weighted by Gasteiger charge is -2.25. The highest BCUT2D eigenvalue weighted by Crippen LogP contribution is 2.50. The van der Waals surface area contributed by atoms with Gasteiger partial charge in [-0.15, -0.1) is 0 Å². The molecule has 4 fully saturated rings. The fourth-order valence-electron chi connectivity index (χ4n) is 4.85. The molecule has 0 aromatic rings. The molecule has 0 aromatic carbocycles. The lowest BCUT2D eigenvalue weighted by molar-refractivity contribution is -0.166. The second kappa shape index (κ2) is 6.82. The molecule has 1 aliphatic carbocycles. The van der Waals surface area contributed by atoms with Crippen LogP contribution in [0.25, 0.3) is 0 Å². The quantitative estimate of drug-likeness (QED) is 0.270. The highest BCUT2D eigenvalue weighted by molar-refractivity contribution is 6.07. The van der Waals surface area contributed by atoms with Crippen molar-refractivity contribution in [3.8, 4) is 0 Å². The molecule has 0 aromatic heterocycles. The SMILES string of the molecule is CC(=O)OC(=O)C1CCC2C(=O)OC(=O)C2C2C(=O)OC(=O)C2C2C(=O)OC(=O)C12. The zero-order valence-corrected chi connectivity index (χ0v) is 15.4. The van der Waals surface area contributed by atoms with Gasteiger partial charge >= 0.3 is 47.8 Å². The van der Waals surface area contributed by atoms with E-state index in [-0.39, 0.29) is 12.8 Å². The second-order valence-electron chi connectivity index (χ2n) is 7.55. The van der Waals surface area contributed by atoms with Crippen molar-refractivity contribution in [2.75, 3.05) is 0 Å². The Morgan fingerprint density at radius 1 is 0.667 bits per heavy atom. The predicted octanol–water partition coefficient (Wildman–Crippen LogP) is -1.57. The summed E-state index contributed by atoms with van der Waals surface area (Å²) in [5.74, 6) is -19.3. The fraction of sp³-hybridized carbons (Fsp3) is 0.556. The lowest BCUT2D eigenvalue weighted by atomic mass is 9.69. The summed E-state index contributed by atoms with van der Waals surface area (Å²) >= 11 is 0. The Bertz CT molecular complexity index is 931. The minimum atomic E-state index is -1.64. The molecule has 0 N–H and O–H groups in total. The van der Waals surface area contributed by atoms with E-state index in [4.69, 9.17) is 0 Å². The van der Waals surface area contributed by atoms with Gasteiger partial charge in [-0.1, -0.05) is 0 Å². The summed E-state index contributed by atoms with van der Waals surface area (Å²) in [7, 11) is 0. The molecule has 12 nitrogen and oxygen atoms in total. The van der Waals surface area contributed by atoms with Crippen LogP contribution in [0.1, 0.15) is 19.8 Å². The maximum atomic E-state index is 12.5. The van der Waals surface area contributed by atoms with Gasteiger partial charge in [-0.2, -0.15) is 0 Å². The van der Waals surface area contributed by atoms with Gasteiger partial charge in [-0.05, 0) is 12.8 Å². The number of cyclic esters (lactones) is 6. The van der Waals surface area contributed by atoms with Crippen LogP contribution >= 0.6 is 0 Å². The molecular formula is C18H14O12. The first kappa shape index (κ1) is 19.9. The van der Waals surface area contributed by atoms with Crippen LogP contribution < -0.4 is 0 Å². The van der Waals surface area contributed by atoms with Crippen LogP contribution in [0, 0.1) is 41.4 Å². The van der Waals surface area contributed by atoms with Gasteiger partial charge in [0.25, 0.3) is 0 Å². The molecule has 3 saturated heterocycles. The highest BCUT2D eigenvalue weighted by Gasteiger charge is 2.67. The molecule has 3 heterocycles. The van der Waals surface area contributed by atoms with Crippen LogP contribution in [0.2, 0.25) is 0 Å². The third-order valence-corrected chi connectivity index (χ3v) is 6.02. The van der Waals surface area contributed by atoms with Gasteiger partial charge < -0.3 is 18.9 Å². The van der Waals surface area contributed by atoms with Crippen LogP contribution in [0.5, 0.6) is 0 Å². The van der Waals surface area contributed by atoms with Crippen molar-refractivity contribution in [3.63, 3.8) is 0 Å². The van der Waals surface area contributed by atoms with Crippen molar-refractivity contribution in [2.24, 2.45) is 41.4 Å².